The number of anilines is 1. The first-order valence-electron chi connectivity index (χ1n) is 10.7. The molecule has 0 spiro atoms. The minimum Gasteiger partial charge on any atom is -0.324 e. The molecule has 3 aromatic rings. The molecule has 0 saturated carbocycles. The molecule has 0 radical (unpaired) electrons. The van der Waals surface area contributed by atoms with E-state index in [-0.39, 0.29) is 11.9 Å². The molecule has 1 N–H and O–H groups in total. The molecule has 1 fully saturated rings. The molecule has 1 amide bonds. The number of nitrogens with zero attached hydrogens (tertiary/aromatic N) is 2. The molecule has 0 bridgehead atoms. The van der Waals surface area contributed by atoms with Gasteiger partial charge in [-0.15, -0.1) is 11.3 Å². The van der Waals surface area contributed by atoms with Crippen molar-refractivity contribution in [2.75, 3.05) is 18.4 Å². The van der Waals surface area contributed by atoms with Gasteiger partial charge in [0.15, 0.2) is 0 Å². The number of benzene rings is 2. The van der Waals surface area contributed by atoms with E-state index < -0.39 is 0 Å². The Hall–Kier alpha value is -2.24. The summed E-state index contributed by atoms with van der Waals surface area (Å²) in [5.74, 6) is 0.0774. The molecule has 4 rings (SSSR count). The number of likely N-dealkylation sites (tertiary alicyclic amines) is 1. The molecule has 2 aromatic carbocycles. The van der Waals surface area contributed by atoms with Crippen LogP contribution in [0, 0.1) is 0 Å². The first kappa shape index (κ1) is 20.0. The van der Waals surface area contributed by atoms with Crippen molar-refractivity contribution in [2.24, 2.45) is 0 Å². The predicted octanol–water partition coefficient (Wildman–Crippen LogP) is 5.59. The van der Waals surface area contributed by atoms with E-state index in [1.165, 1.54) is 22.2 Å². The van der Waals surface area contributed by atoms with Gasteiger partial charge in [0.25, 0.3) is 0 Å². The maximum Gasteiger partial charge on any atom is 0.238 e. The zero-order valence-electron chi connectivity index (χ0n) is 17.3. The standard InChI is InChI=1S/C24H29N3OS/c1-3-17-10-9-11-18(4-2)23(17)26-22(28)16-27-15-8-7-13-20(27)24-25-19-12-5-6-14-21(19)29-24/h5-6,9-12,14,20H,3-4,7-8,13,15-16H2,1-2H3,(H,26,28)/t20-/m0/s1. The summed E-state index contributed by atoms with van der Waals surface area (Å²) in [6, 6.07) is 14.8. The van der Waals surface area contributed by atoms with E-state index >= 15 is 0 Å². The van der Waals surface area contributed by atoms with Gasteiger partial charge in [-0.05, 0) is 55.5 Å². The minimum atomic E-state index is 0.0774. The maximum atomic E-state index is 13.0. The molecule has 1 aromatic heterocycles. The Morgan fingerprint density at radius 1 is 1.10 bits per heavy atom. The normalized spacial score (nSPS) is 17.5. The molecule has 1 aliphatic heterocycles. The Bertz CT molecular complexity index is 941. The second-order valence-electron chi connectivity index (χ2n) is 7.71. The summed E-state index contributed by atoms with van der Waals surface area (Å²) in [4.78, 5) is 20.2. The smallest absolute Gasteiger partial charge is 0.238 e. The Morgan fingerprint density at radius 2 is 1.86 bits per heavy atom. The Morgan fingerprint density at radius 3 is 2.59 bits per heavy atom. The van der Waals surface area contributed by atoms with Crippen molar-refractivity contribution in [1.82, 2.24) is 9.88 Å². The lowest BCUT2D eigenvalue weighted by Gasteiger charge is -2.34. The van der Waals surface area contributed by atoms with Gasteiger partial charge in [-0.25, -0.2) is 4.98 Å². The Balaban J connectivity index is 1.52. The molecule has 1 aliphatic rings. The molecule has 5 heteroatoms. The van der Waals surface area contributed by atoms with Crippen LogP contribution in [0.3, 0.4) is 0 Å². The largest absolute Gasteiger partial charge is 0.324 e. The predicted molar refractivity (Wildman–Crippen MR) is 122 cm³/mol. The van der Waals surface area contributed by atoms with Crippen molar-refractivity contribution in [3.63, 3.8) is 0 Å². The molecular formula is C24H29N3OS. The van der Waals surface area contributed by atoms with E-state index in [9.17, 15) is 4.79 Å². The third-order valence-electron chi connectivity index (χ3n) is 5.82. The zero-order chi connectivity index (χ0) is 20.2. The summed E-state index contributed by atoms with van der Waals surface area (Å²) in [6.07, 6.45) is 5.24. The highest BCUT2D eigenvalue weighted by molar-refractivity contribution is 7.18. The molecule has 0 aliphatic carbocycles. The lowest BCUT2D eigenvalue weighted by molar-refractivity contribution is -0.118. The highest BCUT2D eigenvalue weighted by Gasteiger charge is 2.28. The zero-order valence-corrected chi connectivity index (χ0v) is 18.1. The quantitative estimate of drug-likeness (QED) is 0.579. The average molecular weight is 408 g/mol. The topological polar surface area (TPSA) is 45.2 Å². The monoisotopic (exact) mass is 407 g/mol. The fourth-order valence-corrected chi connectivity index (χ4v) is 5.40. The maximum absolute atomic E-state index is 13.0. The van der Waals surface area contributed by atoms with Crippen LogP contribution in [0.5, 0.6) is 0 Å². The average Bonchev–Trinajstić information content (AvgIpc) is 3.18. The van der Waals surface area contributed by atoms with Crippen molar-refractivity contribution in [3.05, 3.63) is 58.6 Å². The van der Waals surface area contributed by atoms with E-state index in [0.717, 1.165) is 48.4 Å². The van der Waals surface area contributed by atoms with E-state index in [1.54, 1.807) is 11.3 Å². The Labute approximate surface area is 177 Å². The van der Waals surface area contributed by atoms with Crippen LogP contribution in [0.15, 0.2) is 42.5 Å². The molecule has 2 heterocycles. The van der Waals surface area contributed by atoms with Crippen molar-refractivity contribution in [3.8, 4) is 0 Å². The van der Waals surface area contributed by atoms with E-state index in [0.29, 0.717) is 6.54 Å². The van der Waals surface area contributed by atoms with E-state index in [1.807, 2.05) is 6.07 Å². The van der Waals surface area contributed by atoms with Gasteiger partial charge < -0.3 is 5.32 Å². The summed E-state index contributed by atoms with van der Waals surface area (Å²) in [5, 5.41) is 4.37. The number of hydrogen-bond donors (Lipinski definition) is 1. The van der Waals surface area contributed by atoms with Crippen LogP contribution in [0.1, 0.15) is 55.3 Å². The molecule has 29 heavy (non-hydrogen) atoms. The van der Waals surface area contributed by atoms with Crippen molar-refractivity contribution >= 4 is 33.1 Å². The first-order chi connectivity index (χ1) is 14.2. The molecule has 152 valence electrons. The number of nitrogens with one attached hydrogen (secondary N) is 1. The number of aryl methyl sites for hydroxylation is 2. The summed E-state index contributed by atoms with van der Waals surface area (Å²) >= 11 is 1.77. The molecule has 1 saturated heterocycles. The van der Waals surface area contributed by atoms with Crippen LogP contribution in [-0.2, 0) is 17.6 Å². The molecular weight excluding hydrogens is 378 g/mol. The van der Waals surface area contributed by atoms with Gasteiger partial charge in [0.1, 0.15) is 5.01 Å². The number of amides is 1. The van der Waals surface area contributed by atoms with Crippen LogP contribution >= 0.6 is 11.3 Å². The fourth-order valence-electron chi connectivity index (χ4n) is 4.26. The summed E-state index contributed by atoms with van der Waals surface area (Å²) < 4.78 is 1.22. The number of hydrogen-bond acceptors (Lipinski definition) is 4. The number of piperidine rings is 1. The van der Waals surface area contributed by atoms with Crippen LogP contribution in [0.2, 0.25) is 0 Å². The van der Waals surface area contributed by atoms with Crippen molar-refractivity contribution in [1.29, 1.82) is 0 Å². The third-order valence-corrected chi connectivity index (χ3v) is 6.96. The number of rotatable bonds is 6. The van der Waals surface area contributed by atoms with Crippen LogP contribution in [0.25, 0.3) is 10.2 Å². The Kier molecular flexibility index (Phi) is 6.26. The van der Waals surface area contributed by atoms with Crippen LogP contribution < -0.4 is 5.32 Å². The van der Waals surface area contributed by atoms with Gasteiger partial charge in [0, 0.05) is 5.69 Å². The van der Waals surface area contributed by atoms with E-state index in [2.05, 4.69) is 60.5 Å². The van der Waals surface area contributed by atoms with Gasteiger partial charge in [-0.3, -0.25) is 9.69 Å². The first-order valence-corrected chi connectivity index (χ1v) is 11.5. The number of carbonyl (C=O) groups excluding carboxylic acids is 1. The minimum absolute atomic E-state index is 0.0774. The molecule has 1 atom stereocenters. The summed E-state index contributed by atoms with van der Waals surface area (Å²) in [7, 11) is 0. The van der Waals surface area contributed by atoms with Gasteiger partial charge >= 0.3 is 0 Å². The van der Waals surface area contributed by atoms with Crippen molar-refractivity contribution < 1.29 is 4.79 Å². The lowest BCUT2D eigenvalue weighted by atomic mass is 10.0. The van der Waals surface area contributed by atoms with Gasteiger partial charge in [0.2, 0.25) is 5.91 Å². The number of thiazole rings is 1. The number of para-hydroxylation sites is 2. The lowest BCUT2D eigenvalue weighted by Crippen LogP contribution is -2.39. The van der Waals surface area contributed by atoms with Gasteiger partial charge in [0.05, 0.1) is 22.8 Å². The highest BCUT2D eigenvalue weighted by atomic mass is 32.1. The van der Waals surface area contributed by atoms with E-state index in [4.69, 9.17) is 4.98 Å². The van der Waals surface area contributed by atoms with Crippen LogP contribution in [0.4, 0.5) is 5.69 Å². The number of fused-ring (bicyclic) bond motifs is 1. The third kappa shape index (κ3) is 4.36. The second-order valence-corrected chi connectivity index (χ2v) is 8.77. The second kappa shape index (κ2) is 9.06. The SMILES string of the molecule is CCc1cccc(CC)c1NC(=O)CN1CCCC[C@H]1c1nc2ccccc2s1. The molecule has 4 nitrogen and oxygen atoms in total. The van der Waals surface area contributed by atoms with Gasteiger partial charge in [-0.1, -0.05) is 50.6 Å². The summed E-state index contributed by atoms with van der Waals surface area (Å²) in [5.41, 5.74) is 4.49. The number of carbonyl (C=O) groups is 1. The van der Waals surface area contributed by atoms with Gasteiger partial charge in [-0.2, -0.15) is 0 Å². The summed E-state index contributed by atoms with van der Waals surface area (Å²) in [6.45, 7) is 5.64. The van der Waals surface area contributed by atoms with Crippen LogP contribution in [-0.4, -0.2) is 28.9 Å². The number of aromatic nitrogens is 1. The molecule has 0 unspecified atom stereocenters. The fraction of sp³-hybridized carbons (Fsp3) is 0.417. The van der Waals surface area contributed by atoms with Crippen molar-refractivity contribution in [2.45, 2.75) is 52.0 Å². The highest BCUT2D eigenvalue weighted by Crippen LogP contribution is 2.35.